The molecule has 2 unspecified atom stereocenters. The number of nitrogens with zero attached hydrogens (tertiary/aromatic N) is 4. The van der Waals surface area contributed by atoms with Gasteiger partial charge in [0.05, 0.1) is 6.33 Å². The van der Waals surface area contributed by atoms with Gasteiger partial charge in [-0.2, -0.15) is 13.2 Å². The molecule has 1 fully saturated rings. The van der Waals surface area contributed by atoms with Crippen LogP contribution in [0.2, 0.25) is 0 Å². The Hall–Kier alpha value is -1.90. The summed E-state index contributed by atoms with van der Waals surface area (Å²) in [6, 6.07) is 0. The van der Waals surface area contributed by atoms with Crippen molar-refractivity contribution in [3.8, 4) is 0 Å². The lowest BCUT2D eigenvalue weighted by Gasteiger charge is -2.37. The Balaban J connectivity index is 2.04. The van der Waals surface area contributed by atoms with Crippen LogP contribution < -0.4 is 10.6 Å². The van der Waals surface area contributed by atoms with Crippen molar-refractivity contribution in [2.45, 2.75) is 19.5 Å². The van der Waals surface area contributed by atoms with Gasteiger partial charge in [-0.15, -0.1) is 0 Å². The standard InChI is InChI=1S/C13H17F3N6/c1-7-2-3-22(5-8(7)4-17)11-9-10(19-6-18-9)20-12(21-11)13(14,15)16/h6-8H,2-5,17H2,1H3,(H,18,19,20,21). The summed E-state index contributed by atoms with van der Waals surface area (Å²) >= 11 is 0. The Labute approximate surface area is 124 Å². The van der Waals surface area contributed by atoms with Gasteiger partial charge in [-0.25, -0.2) is 15.0 Å². The molecule has 2 aromatic rings. The number of fused-ring (bicyclic) bond motifs is 1. The van der Waals surface area contributed by atoms with Gasteiger partial charge in [-0.1, -0.05) is 6.92 Å². The van der Waals surface area contributed by atoms with Crippen molar-refractivity contribution in [1.82, 2.24) is 19.9 Å². The van der Waals surface area contributed by atoms with Gasteiger partial charge in [0.15, 0.2) is 11.5 Å². The lowest BCUT2D eigenvalue weighted by atomic mass is 9.87. The summed E-state index contributed by atoms with van der Waals surface area (Å²) in [7, 11) is 0. The van der Waals surface area contributed by atoms with Gasteiger partial charge in [0.1, 0.15) is 5.52 Å². The normalized spacial score (nSPS) is 23.2. The topological polar surface area (TPSA) is 83.7 Å². The van der Waals surface area contributed by atoms with E-state index >= 15 is 0 Å². The highest BCUT2D eigenvalue weighted by molar-refractivity contribution is 5.83. The van der Waals surface area contributed by atoms with Crippen LogP contribution in [0.5, 0.6) is 0 Å². The van der Waals surface area contributed by atoms with Crippen molar-refractivity contribution in [1.29, 1.82) is 0 Å². The van der Waals surface area contributed by atoms with Crippen LogP contribution in [-0.4, -0.2) is 39.6 Å². The van der Waals surface area contributed by atoms with Gasteiger partial charge >= 0.3 is 6.18 Å². The first kappa shape index (κ1) is 15.0. The summed E-state index contributed by atoms with van der Waals surface area (Å²) in [6.07, 6.45) is -2.41. The Kier molecular flexibility index (Phi) is 3.67. The molecule has 3 rings (SSSR count). The number of alkyl halides is 3. The summed E-state index contributed by atoms with van der Waals surface area (Å²) < 4.78 is 38.9. The molecule has 0 aromatic carbocycles. The molecule has 1 aliphatic rings. The average Bonchev–Trinajstić information content (AvgIpc) is 2.94. The first-order valence-electron chi connectivity index (χ1n) is 7.13. The lowest BCUT2D eigenvalue weighted by molar-refractivity contribution is -0.144. The molecule has 6 nitrogen and oxygen atoms in total. The number of hydrogen-bond acceptors (Lipinski definition) is 5. The number of aromatic nitrogens is 4. The predicted octanol–water partition coefficient (Wildman–Crippen LogP) is 1.79. The quantitative estimate of drug-likeness (QED) is 0.883. The first-order valence-corrected chi connectivity index (χ1v) is 7.13. The van der Waals surface area contributed by atoms with Gasteiger partial charge in [0.2, 0.25) is 5.82 Å². The molecule has 2 atom stereocenters. The second-order valence-electron chi connectivity index (χ2n) is 5.68. The zero-order valence-corrected chi connectivity index (χ0v) is 12.1. The molecule has 0 bridgehead atoms. The van der Waals surface area contributed by atoms with Crippen LogP contribution >= 0.6 is 0 Å². The third kappa shape index (κ3) is 2.60. The molecule has 120 valence electrons. The monoisotopic (exact) mass is 314 g/mol. The molecule has 9 heteroatoms. The molecule has 1 saturated heterocycles. The number of halogens is 3. The molecule has 3 heterocycles. The number of imidazole rings is 1. The van der Waals surface area contributed by atoms with Crippen LogP contribution in [0.25, 0.3) is 11.2 Å². The largest absolute Gasteiger partial charge is 0.451 e. The number of hydrogen-bond donors (Lipinski definition) is 2. The molecule has 3 N–H and O–H groups in total. The summed E-state index contributed by atoms with van der Waals surface area (Å²) in [4.78, 5) is 15.7. The first-order chi connectivity index (χ1) is 10.4. The summed E-state index contributed by atoms with van der Waals surface area (Å²) in [5.41, 5.74) is 6.22. The van der Waals surface area contributed by atoms with Gasteiger partial charge in [0.25, 0.3) is 0 Å². The smallest absolute Gasteiger partial charge is 0.354 e. The molecular formula is C13H17F3N6. The molecule has 2 aromatic heterocycles. The molecule has 0 saturated carbocycles. The van der Waals surface area contributed by atoms with Crippen LogP contribution in [0.1, 0.15) is 19.2 Å². The van der Waals surface area contributed by atoms with Gasteiger partial charge < -0.3 is 15.6 Å². The van der Waals surface area contributed by atoms with E-state index in [2.05, 4.69) is 26.9 Å². The Morgan fingerprint density at radius 3 is 2.86 bits per heavy atom. The maximum absolute atomic E-state index is 13.0. The van der Waals surface area contributed by atoms with Gasteiger partial charge in [-0.3, -0.25) is 0 Å². The second kappa shape index (κ2) is 5.38. The zero-order chi connectivity index (χ0) is 15.9. The zero-order valence-electron chi connectivity index (χ0n) is 12.1. The third-order valence-corrected chi connectivity index (χ3v) is 4.24. The van der Waals surface area contributed by atoms with E-state index in [4.69, 9.17) is 5.73 Å². The number of piperidine rings is 1. The van der Waals surface area contributed by atoms with Crippen LogP contribution in [0.15, 0.2) is 6.33 Å². The van der Waals surface area contributed by atoms with Crippen molar-refractivity contribution in [3.63, 3.8) is 0 Å². The Bertz CT molecular complexity index is 667. The molecular weight excluding hydrogens is 297 g/mol. The van der Waals surface area contributed by atoms with Crippen molar-refractivity contribution in [2.24, 2.45) is 17.6 Å². The summed E-state index contributed by atoms with van der Waals surface area (Å²) in [6.45, 7) is 3.84. The molecule has 22 heavy (non-hydrogen) atoms. The highest BCUT2D eigenvalue weighted by Crippen LogP contribution is 2.33. The van der Waals surface area contributed by atoms with E-state index in [1.807, 2.05) is 4.90 Å². The SMILES string of the molecule is CC1CCN(c2nc(C(F)(F)F)nc3nc[nH]c23)CC1CN. The number of anilines is 1. The van der Waals surface area contributed by atoms with Crippen LogP contribution in [0.4, 0.5) is 19.0 Å². The van der Waals surface area contributed by atoms with Gasteiger partial charge in [-0.05, 0) is 24.8 Å². The van der Waals surface area contributed by atoms with Crippen LogP contribution in [-0.2, 0) is 6.18 Å². The highest BCUT2D eigenvalue weighted by Gasteiger charge is 2.37. The van der Waals surface area contributed by atoms with E-state index < -0.39 is 12.0 Å². The fourth-order valence-electron chi connectivity index (χ4n) is 2.82. The second-order valence-corrected chi connectivity index (χ2v) is 5.68. The lowest BCUT2D eigenvalue weighted by Crippen LogP contribution is -2.43. The number of aromatic amines is 1. The van der Waals surface area contributed by atoms with E-state index in [0.717, 1.165) is 6.42 Å². The minimum Gasteiger partial charge on any atom is -0.354 e. The Morgan fingerprint density at radius 2 is 2.18 bits per heavy atom. The summed E-state index contributed by atoms with van der Waals surface area (Å²) in [5, 5.41) is 0. The number of H-pyrrole nitrogens is 1. The van der Waals surface area contributed by atoms with Crippen molar-refractivity contribution < 1.29 is 13.2 Å². The predicted molar refractivity (Wildman–Crippen MR) is 75.2 cm³/mol. The molecule has 1 aliphatic heterocycles. The van der Waals surface area contributed by atoms with E-state index in [1.165, 1.54) is 6.33 Å². The highest BCUT2D eigenvalue weighted by atomic mass is 19.4. The minimum atomic E-state index is -4.60. The molecule has 0 spiro atoms. The maximum atomic E-state index is 13.0. The number of nitrogens with two attached hydrogens (primary N) is 1. The van der Waals surface area contributed by atoms with E-state index in [1.54, 1.807) is 0 Å². The molecule has 0 radical (unpaired) electrons. The third-order valence-electron chi connectivity index (χ3n) is 4.24. The molecule has 0 amide bonds. The van der Waals surface area contributed by atoms with Crippen molar-refractivity contribution in [3.05, 3.63) is 12.2 Å². The fourth-order valence-corrected chi connectivity index (χ4v) is 2.82. The fraction of sp³-hybridized carbons (Fsp3) is 0.615. The minimum absolute atomic E-state index is 0.0280. The van der Waals surface area contributed by atoms with E-state index in [0.29, 0.717) is 31.1 Å². The number of nitrogens with one attached hydrogen (secondary N) is 1. The van der Waals surface area contributed by atoms with Crippen molar-refractivity contribution >= 4 is 17.0 Å². The van der Waals surface area contributed by atoms with Gasteiger partial charge in [0, 0.05) is 13.1 Å². The Morgan fingerprint density at radius 1 is 1.41 bits per heavy atom. The number of rotatable bonds is 2. The summed E-state index contributed by atoms with van der Waals surface area (Å²) in [5.74, 6) is -0.233. The molecule has 0 aliphatic carbocycles. The van der Waals surface area contributed by atoms with Crippen LogP contribution in [0.3, 0.4) is 0 Å². The maximum Gasteiger partial charge on any atom is 0.451 e. The van der Waals surface area contributed by atoms with E-state index in [9.17, 15) is 13.2 Å². The van der Waals surface area contributed by atoms with Crippen molar-refractivity contribution in [2.75, 3.05) is 24.5 Å². The average molecular weight is 314 g/mol. The van der Waals surface area contributed by atoms with E-state index in [-0.39, 0.29) is 17.4 Å². The van der Waals surface area contributed by atoms with Crippen LogP contribution in [0, 0.1) is 11.8 Å².